The van der Waals surface area contributed by atoms with Crippen molar-refractivity contribution in [2.75, 3.05) is 12.4 Å². The first-order valence-corrected chi connectivity index (χ1v) is 9.98. The van der Waals surface area contributed by atoms with Crippen LogP contribution in [0.25, 0.3) is 0 Å². The van der Waals surface area contributed by atoms with Crippen LogP contribution in [0.15, 0.2) is 24.3 Å². The maximum atomic E-state index is 12.1. The van der Waals surface area contributed by atoms with Gasteiger partial charge in [-0.1, -0.05) is 29.7 Å². The Bertz CT molecular complexity index is 722. The Labute approximate surface area is 154 Å². The molecule has 1 aromatic carbocycles. The summed E-state index contributed by atoms with van der Waals surface area (Å²) in [6.07, 6.45) is 1.98. The lowest BCUT2D eigenvalue weighted by molar-refractivity contribution is -0.155. The maximum absolute atomic E-state index is 12.1. The summed E-state index contributed by atoms with van der Waals surface area (Å²) >= 11 is 0. The highest BCUT2D eigenvalue weighted by molar-refractivity contribution is 7.85. The predicted octanol–water partition coefficient (Wildman–Crippen LogP) is 0.761. The van der Waals surface area contributed by atoms with Gasteiger partial charge in [-0.05, 0) is 31.2 Å². The van der Waals surface area contributed by atoms with Crippen LogP contribution in [0, 0.1) is 11.8 Å². The molecule has 0 unspecified atom stereocenters. The molecule has 0 saturated heterocycles. The lowest BCUT2D eigenvalue weighted by Crippen LogP contribution is -2.29. The van der Waals surface area contributed by atoms with E-state index >= 15 is 0 Å². The van der Waals surface area contributed by atoms with Crippen molar-refractivity contribution in [1.29, 1.82) is 0 Å². The first-order valence-electron chi connectivity index (χ1n) is 8.37. The Morgan fingerprint density at radius 3 is 2.00 bits per heavy atom. The van der Waals surface area contributed by atoms with Crippen LogP contribution in [0.2, 0.25) is 0 Å². The van der Waals surface area contributed by atoms with Gasteiger partial charge >= 0.3 is 11.9 Å². The summed E-state index contributed by atoms with van der Waals surface area (Å²) in [5, 5.41) is 0. The third-order valence-electron chi connectivity index (χ3n) is 4.34. The van der Waals surface area contributed by atoms with Gasteiger partial charge in [0.05, 0.1) is 11.8 Å². The predicted molar refractivity (Wildman–Crippen MR) is 94.4 cm³/mol. The molecule has 0 amide bonds. The molecule has 7 nitrogen and oxygen atoms in total. The van der Waals surface area contributed by atoms with Gasteiger partial charge in [-0.25, -0.2) is 0 Å². The summed E-state index contributed by atoms with van der Waals surface area (Å²) in [5.41, 5.74) is 1.49. The lowest BCUT2D eigenvalue weighted by Gasteiger charge is -2.25. The van der Waals surface area contributed by atoms with Crippen molar-refractivity contribution >= 4 is 35.4 Å². The first kappa shape index (κ1) is 20.4. The Morgan fingerprint density at radius 2 is 1.50 bits per heavy atom. The molecular formula is C17H21BO7S. The molecule has 1 aliphatic carbocycles. The molecule has 0 bridgehead atoms. The molecule has 1 aromatic rings. The van der Waals surface area contributed by atoms with Crippen LogP contribution >= 0.6 is 0 Å². The molecular weight excluding hydrogens is 359 g/mol. The van der Waals surface area contributed by atoms with Gasteiger partial charge in [0.1, 0.15) is 26.8 Å². The van der Waals surface area contributed by atoms with Crippen molar-refractivity contribution in [3.8, 4) is 0 Å². The number of benzene rings is 1. The van der Waals surface area contributed by atoms with Gasteiger partial charge in [0, 0.05) is 0 Å². The Balaban J connectivity index is 1.70. The third kappa shape index (κ3) is 6.80. The van der Waals surface area contributed by atoms with E-state index in [1.54, 1.807) is 24.3 Å². The van der Waals surface area contributed by atoms with Crippen LogP contribution < -0.4 is 5.46 Å². The molecule has 2 rings (SSSR count). The fourth-order valence-electron chi connectivity index (χ4n) is 2.82. The number of rotatable bonds is 7. The lowest BCUT2D eigenvalue weighted by atomic mass is 9.82. The molecule has 9 heteroatoms. The van der Waals surface area contributed by atoms with E-state index < -0.39 is 21.8 Å². The second-order valence-electron chi connectivity index (χ2n) is 6.35. The van der Waals surface area contributed by atoms with Crippen LogP contribution in [0.3, 0.4) is 0 Å². The van der Waals surface area contributed by atoms with Gasteiger partial charge in [-0.2, -0.15) is 8.42 Å². The van der Waals surface area contributed by atoms with E-state index in [2.05, 4.69) is 0 Å². The zero-order valence-electron chi connectivity index (χ0n) is 14.3. The Kier molecular flexibility index (Phi) is 7.22. The highest BCUT2D eigenvalue weighted by atomic mass is 32.2. The average molecular weight is 380 g/mol. The molecule has 1 saturated carbocycles. The van der Waals surface area contributed by atoms with E-state index in [0.29, 0.717) is 31.1 Å². The second kappa shape index (κ2) is 9.18. The molecule has 1 aliphatic rings. The minimum Gasteiger partial charge on any atom is -0.464 e. The third-order valence-corrected chi connectivity index (χ3v) is 5.02. The Morgan fingerprint density at radius 1 is 1.00 bits per heavy atom. The number of carbonyl (C=O) groups is 2. The molecule has 140 valence electrons. The fraction of sp³-hybridized carbons (Fsp3) is 0.529. The molecule has 0 atom stereocenters. The monoisotopic (exact) mass is 380 g/mol. The minimum atomic E-state index is -4.15. The number of esters is 2. The van der Waals surface area contributed by atoms with Crippen molar-refractivity contribution in [3.05, 3.63) is 29.8 Å². The van der Waals surface area contributed by atoms with E-state index in [4.69, 9.17) is 21.9 Å². The minimum absolute atomic E-state index is 0.177. The topological polar surface area (TPSA) is 107 Å². The van der Waals surface area contributed by atoms with E-state index in [0.717, 1.165) is 5.56 Å². The van der Waals surface area contributed by atoms with Crippen molar-refractivity contribution in [2.24, 2.45) is 11.8 Å². The largest absolute Gasteiger partial charge is 0.464 e. The highest BCUT2D eigenvalue weighted by Gasteiger charge is 2.31. The zero-order valence-corrected chi connectivity index (χ0v) is 15.1. The van der Waals surface area contributed by atoms with Crippen molar-refractivity contribution in [1.82, 2.24) is 0 Å². The van der Waals surface area contributed by atoms with Gasteiger partial charge in [-0.3, -0.25) is 14.1 Å². The zero-order chi connectivity index (χ0) is 19.2. The van der Waals surface area contributed by atoms with Gasteiger partial charge in [0.25, 0.3) is 10.1 Å². The maximum Gasteiger partial charge on any atom is 0.309 e. The van der Waals surface area contributed by atoms with Crippen molar-refractivity contribution in [3.63, 3.8) is 0 Å². The van der Waals surface area contributed by atoms with Gasteiger partial charge in [0.15, 0.2) is 0 Å². The van der Waals surface area contributed by atoms with Gasteiger partial charge < -0.3 is 9.47 Å². The van der Waals surface area contributed by atoms with Crippen LogP contribution in [0.4, 0.5) is 0 Å². The highest BCUT2D eigenvalue weighted by Crippen LogP contribution is 2.30. The summed E-state index contributed by atoms with van der Waals surface area (Å²) in [6, 6.07) is 7.06. The molecule has 0 heterocycles. The second-order valence-corrected chi connectivity index (χ2v) is 7.92. The molecule has 0 aromatic heterocycles. The SMILES string of the molecule is [B]c1ccc(COC(=O)C2CCC(C(=O)OCCS(=O)(=O)O)CC2)cc1. The quantitative estimate of drug-likeness (QED) is 0.423. The van der Waals surface area contributed by atoms with E-state index in [1.165, 1.54) is 0 Å². The summed E-state index contributed by atoms with van der Waals surface area (Å²) in [5.74, 6) is -2.03. The first-order chi connectivity index (χ1) is 12.2. The molecule has 0 spiro atoms. The van der Waals surface area contributed by atoms with E-state index in [1.807, 2.05) is 0 Å². The standard InChI is InChI=1S/C17H21BO7S/c18-15-7-1-12(2-8-15)11-25-17(20)14-5-3-13(4-6-14)16(19)24-9-10-26(21,22)23/h1-2,7-8,13-14H,3-6,9-11H2,(H,21,22,23). The van der Waals surface area contributed by atoms with Crippen LogP contribution in [-0.2, 0) is 35.8 Å². The van der Waals surface area contributed by atoms with Crippen molar-refractivity contribution < 1.29 is 32.0 Å². The molecule has 2 radical (unpaired) electrons. The average Bonchev–Trinajstić information content (AvgIpc) is 2.60. The summed E-state index contributed by atoms with van der Waals surface area (Å²) in [7, 11) is 1.45. The van der Waals surface area contributed by atoms with E-state index in [9.17, 15) is 18.0 Å². The number of carbonyl (C=O) groups excluding carboxylic acids is 2. The number of hydrogen-bond acceptors (Lipinski definition) is 6. The Hall–Kier alpha value is -1.87. The molecule has 26 heavy (non-hydrogen) atoms. The molecule has 1 fully saturated rings. The van der Waals surface area contributed by atoms with Crippen LogP contribution in [0.5, 0.6) is 0 Å². The summed E-state index contributed by atoms with van der Waals surface area (Å²) in [4.78, 5) is 24.0. The van der Waals surface area contributed by atoms with Crippen molar-refractivity contribution in [2.45, 2.75) is 32.3 Å². The number of ether oxygens (including phenoxy) is 2. The normalized spacial score (nSPS) is 20.3. The van der Waals surface area contributed by atoms with Crippen LogP contribution in [-0.4, -0.2) is 45.1 Å². The smallest absolute Gasteiger partial charge is 0.309 e. The van der Waals surface area contributed by atoms with Crippen LogP contribution in [0.1, 0.15) is 31.2 Å². The summed E-state index contributed by atoms with van der Waals surface area (Å²) in [6.45, 7) is -0.196. The molecule has 1 N–H and O–H groups in total. The van der Waals surface area contributed by atoms with Gasteiger partial charge in [0.2, 0.25) is 0 Å². The molecule has 0 aliphatic heterocycles. The number of hydrogen-bond donors (Lipinski definition) is 1. The fourth-order valence-corrected chi connectivity index (χ4v) is 3.11. The van der Waals surface area contributed by atoms with Gasteiger partial charge in [-0.15, -0.1) is 0 Å². The van der Waals surface area contributed by atoms with E-state index in [-0.39, 0.29) is 31.0 Å². The summed E-state index contributed by atoms with van der Waals surface area (Å²) < 4.78 is 40.0.